The van der Waals surface area contributed by atoms with Crippen molar-refractivity contribution < 1.29 is 0 Å². The van der Waals surface area contributed by atoms with Gasteiger partial charge in [0.15, 0.2) is 0 Å². The molecular formula is C3H5N3S. The molecule has 0 spiro atoms. The smallest absolute Gasteiger partial charge is 0.119 e. The first-order chi connectivity index (χ1) is 3.00. The zero-order chi connectivity index (χ0) is 4.24. The molecule has 0 N–H and O–H groups in total. The lowest BCUT2D eigenvalue weighted by Crippen LogP contribution is -1.73. The fourth-order valence-electron chi connectivity index (χ4n) is 0.205. The van der Waals surface area contributed by atoms with Crippen molar-refractivity contribution in [2.75, 3.05) is 0 Å². The van der Waals surface area contributed by atoms with E-state index >= 15 is 0 Å². The molecule has 0 aromatic carbocycles. The molecule has 1 heterocycles. The fourth-order valence-corrected chi connectivity index (χ4v) is 0.205. The van der Waals surface area contributed by atoms with E-state index in [2.05, 4.69) is 15.0 Å². The molecule has 0 aliphatic heterocycles. The first-order valence-corrected chi connectivity index (χ1v) is 1.55. The monoisotopic (exact) mass is 115 g/mol. The van der Waals surface area contributed by atoms with Gasteiger partial charge in [0.25, 0.3) is 0 Å². The first kappa shape index (κ1) is 6.36. The molecule has 0 aliphatic rings. The second kappa shape index (κ2) is 3.55. The Morgan fingerprint density at radius 3 is 1.14 bits per heavy atom. The molecule has 38 valence electrons. The van der Waals surface area contributed by atoms with Crippen LogP contribution in [-0.4, -0.2) is 15.0 Å². The zero-order valence-electron chi connectivity index (χ0n) is 3.57. The topological polar surface area (TPSA) is 38.7 Å². The number of hydrogen-bond donors (Lipinski definition) is 0. The van der Waals surface area contributed by atoms with Crippen molar-refractivity contribution >= 4 is 13.5 Å². The van der Waals surface area contributed by atoms with Gasteiger partial charge < -0.3 is 0 Å². The van der Waals surface area contributed by atoms with E-state index in [0.29, 0.717) is 0 Å². The van der Waals surface area contributed by atoms with Crippen LogP contribution >= 0.6 is 13.5 Å². The van der Waals surface area contributed by atoms with Crippen LogP contribution in [0.4, 0.5) is 0 Å². The molecule has 0 unspecified atom stereocenters. The first-order valence-electron chi connectivity index (χ1n) is 1.55. The van der Waals surface area contributed by atoms with Crippen LogP contribution in [-0.2, 0) is 0 Å². The number of aromatic nitrogens is 3. The van der Waals surface area contributed by atoms with E-state index < -0.39 is 0 Å². The van der Waals surface area contributed by atoms with Crippen LogP contribution in [0.1, 0.15) is 0 Å². The van der Waals surface area contributed by atoms with E-state index in [4.69, 9.17) is 0 Å². The van der Waals surface area contributed by atoms with Crippen LogP contribution in [0.15, 0.2) is 19.0 Å². The highest BCUT2D eigenvalue weighted by Gasteiger charge is 1.59. The standard InChI is InChI=1S/C3H3N3.H2S/c1-4-2-6-3-5-1;/h1-3H;1H2. The van der Waals surface area contributed by atoms with Crippen LogP contribution in [0.5, 0.6) is 0 Å². The molecular weight excluding hydrogens is 110 g/mol. The lowest BCUT2D eigenvalue weighted by molar-refractivity contribution is 1.05. The van der Waals surface area contributed by atoms with Crippen molar-refractivity contribution in [1.29, 1.82) is 0 Å². The maximum absolute atomic E-state index is 3.56. The van der Waals surface area contributed by atoms with E-state index in [0.717, 1.165) is 0 Å². The van der Waals surface area contributed by atoms with Gasteiger partial charge in [-0.15, -0.1) is 0 Å². The van der Waals surface area contributed by atoms with Crippen molar-refractivity contribution in [1.82, 2.24) is 15.0 Å². The summed E-state index contributed by atoms with van der Waals surface area (Å²) in [5.41, 5.74) is 0. The van der Waals surface area contributed by atoms with Crippen LogP contribution in [0.25, 0.3) is 0 Å². The summed E-state index contributed by atoms with van der Waals surface area (Å²) in [6, 6.07) is 0. The summed E-state index contributed by atoms with van der Waals surface area (Å²) in [6.45, 7) is 0. The van der Waals surface area contributed by atoms with Crippen molar-refractivity contribution in [2.24, 2.45) is 0 Å². The summed E-state index contributed by atoms with van der Waals surface area (Å²) in [5, 5.41) is 0. The zero-order valence-corrected chi connectivity index (χ0v) is 4.57. The molecule has 0 atom stereocenters. The van der Waals surface area contributed by atoms with Crippen LogP contribution in [0.2, 0.25) is 0 Å². The van der Waals surface area contributed by atoms with Gasteiger partial charge in [-0.1, -0.05) is 0 Å². The Morgan fingerprint density at radius 1 is 0.714 bits per heavy atom. The Morgan fingerprint density at radius 2 is 1.00 bits per heavy atom. The average molecular weight is 115 g/mol. The van der Waals surface area contributed by atoms with Crippen molar-refractivity contribution in [3.05, 3.63) is 19.0 Å². The predicted molar refractivity (Wildman–Crippen MR) is 30.2 cm³/mol. The van der Waals surface area contributed by atoms with Gasteiger partial charge in [-0.05, 0) is 0 Å². The highest BCUT2D eigenvalue weighted by Crippen LogP contribution is 1.57. The molecule has 7 heavy (non-hydrogen) atoms. The highest BCUT2D eigenvalue weighted by molar-refractivity contribution is 7.59. The van der Waals surface area contributed by atoms with Crippen molar-refractivity contribution in [3.8, 4) is 0 Å². The van der Waals surface area contributed by atoms with Gasteiger partial charge in [0, 0.05) is 0 Å². The van der Waals surface area contributed by atoms with Gasteiger partial charge in [-0.3, -0.25) is 0 Å². The van der Waals surface area contributed by atoms with E-state index in [1.807, 2.05) is 0 Å². The minimum absolute atomic E-state index is 0. The summed E-state index contributed by atoms with van der Waals surface area (Å²) in [5.74, 6) is 0. The Balaban J connectivity index is 0.000000360. The fraction of sp³-hybridized carbons (Fsp3) is 0. The molecule has 0 fully saturated rings. The molecule has 0 amide bonds. The predicted octanol–water partition coefficient (Wildman–Crippen LogP) is -0.0156. The van der Waals surface area contributed by atoms with Gasteiger partial charge in [0.2, 0.25) is 0 Å². The lowest BCUT2D eigenvalue weighted by atomic mass is 11.1. The van der Waals surface area contributed by atoms with Crippen molar-refractivity contribution in [2.45, 2.75) is 0 Å². The van der Waals surface area contributed by atoms with Gasteiger partial charge >= 0.3 is 0 Å². The van der Waals surface area contributed by atoms with Crippen LogP contribution in [0.3, 0.4) is 0 Å². The maximum Gasteiger partial charge on any atom is 0.119 e. The molecule has 1 aromatic heterocycles. The summed E-state index contributed by atoms with van der Waals surface area (Å²) in [4.78, 5) is 10.7. The third kappa shape index (κ3) is 2.11. The number of hydrogen-bond acceptors (Lipinski definition) is 3. The Labute approximate surface area is 48.3 Å². The molecule has 4 heteroatoms. The maximum atomic E-state index is 3.56. The lowest BCUT2D eigenvalue weighted by Gasteiger charge is -1.69. The Bertz CT molecular complexity index is 82.1. The van der Waals surface area contributed by atoms with Gasteiger partial charge in [-0.25, -0.2) is 15.0 Å². The van der Waals surface area contributed by atoms with E-state index in [1.54, 1.807) is 0 Å². The second-order valence-corrected chi connectivity index (χ2v) is 0.794. The minimum atomic E-state index is 0. The van der Waals surface area contributed by atoms with Crippen LogP contribution < -0.4 is 0 Å². The Kier molecular flexibility index (Phi) is 3.22. The summed E-state index contributed by atoms with van der Waals surface area (Å²) in [6.07, 6.45) is 4.31. The van der Waals surface area contributed by atoms with E-state index in [-0.39, 0.29) is 13.5 Å². The molecule has 0 bridgehead atoms. The average Bonchev–Trinajstić information content (AvgIpc) is 1.72. The molecule has 0 radical (unpaired) electrons. The highest BCUT2D eigenvalue weighted by atomic mass is 32.1. The van der Waals surface area contributed by atoms with Gasteiger partial charge in [0.1, 0.15) is 19.0 Å². The quantitative estimate of drug-likeness (QED) is 0.477. The molecule has 1 rings (SSSR count). The molecule has 0 saturated heterocycles. The molecule has 0 aliphatic carbocycles. The largest absolute Gasteiger partial charge is 0.225 e. The number of rotatable bonds is 0. The van der Waals surface area contributed by atoms with E-state index in [9.17, 15) is 0 Å². The van der Waals surface area contributed by atoms with E-state index in [1.165, 1.54) is 19.0 Å². The summed E-state index contributed by atoms with van der Waals surface area (Å²) >= 11 is 0. The molecule has 1 aromatic rings. The summed E-state index contributed by atoms with van der Waals surface area (Å²) < 4.78 is 0. The molecule has 3 nitrogen and oxygen atoms in total. The van der Waals surface area contributed by atoms with Gasteiger partial charge in [0.05, 0.1) is 0 Å². The molecule has 0 saturated carbocycles. The Hall–Kier alpha value is -0.640. The third-order valence-electron chi connectivity index (χ3n) is 0.400. The van der Waals surface area contributed by atoms with Crippen LogP contribution in [0, 0.1) is 0 Å². The van der Waals surface area contributed by atoms with Crippen molar-refractivity contribution in [3.63, 3.8) is 0 Å². The SMILES string of the molecule is S.c1ncncn1. The normalized spacial score (nSPS) is 6.86. The van der Waals surface area contributed by atoms with Gasteiger partial charge in [-0.2, -0.15) is 13.5 Å². The third-order valence-corrected chi connectivity index (χ3v) is 0.400. The minimum Gasteiger partial charge on any atom is -0.225 e. The summed E-state index contributed by atoms with van der Waals surface area (Å²) in [7, 11) is 0. The number of nitrogens with zero attached hydrogens (tertiary/aromatic N) is 3. The second-order valence-electron chi connectivity index (χ2n) is 0.794.